The van der Waals surface area contributed by atoms with Gasteiger partial charge in [0.2, 0.25) is 10.0 Å². The molecular weight excluding hydrogens is 457 g/mol. The molecule has 0 spiro atoms. The van der Waals surface area contributed by atoms with E-state index in [0.717, 1.165) is 22.0 Å². The maximum Gasteiger partial charge on any atom is 0.416 e. The number of pyridine rings is 1. The Bertz CT molecular complexity index is 1200. The SMILES string of the molecule is CN(Cc1cccc(C(F)(F)F)c1)S(=O)(=O)c1ccc(NC(=O)NCc2cccnc2)cc1. The molecule has 0 aliphatic carbocycles. The Balaban J connectivity index is 1.62. The van der Waals surface area contributed by atoms with Gasteiger partial charge < -0.3 is 10.6 Å². The van der Waals surface area contributed by atoms with Crippen molar-refractivity contribution in [3.05, 3.63) is 89.7 Å². The molecule has 2 aromatic carbocycles. The number of rotatable bonds is 7. The Morgan fingerprint density at radius 2 is 1.73 bits per heavy atom. The topological polar surface area (TPSA) is 91.4 Å². The van der Waals surface area contributed by atoms with E-state index in [1.54, 1.807) is 18.5 Å². The number of anilines is 1. The van der Waals surface area contributed by atoms with Crippen LogP contribution in [0.5, 0.6) is 0 Å². The molecule has 0 unspecified atom stereocenters. The van der Waals surface area contributed by atoms with Crippen molar-refractivity contribution in [2.45, 2.75) is 24.2 Å². The summed E-state index contributed by atoms with van der Waals surface area (Å²) in [5, 5.41) is 5.25. The fourth-order valence-corrected chi connectivity index (χ4v) is 4.10. The number of carbonyl (C=O) groups excluding carboxylic acids is 1. The van der Waals surface area contributed by atoms with E-state index in [1.807, 2.05) is 6.07 Å². The molecule has 1 heterocycles. The molecule has 3 rings (SSSR count). The first-order chi connectivity index (χ1) is 15.6. The number of sulfonamides is 1. The second-order valence-corrected chi connectivity index (χ2v) is 9.20. The number of carbonyl (C=O) groups is 1. The lowest BCUT2D eigenvalue weighted by Gasteiger charge is -2.18. The van der Waals surface area contributed by atoms with Gasteiger partial charge in [-0.05, 0) is 47.5 Å². The van der Waals surface area contributed by atoms with Gasteiger partial charge in [0, 0.05) is 38.2 Å². The molecule has 33 heavy (non-hydrogen) atoms. The zero-order valence-electron chi connectivity index (χ0n) is 17.5. The van der Waals surface area contributed by atoms with Gasteiger partial charge in [-0.1, -0.05) is 24.3 Å². The highest BCUT2D eigenvalue weighted by atomic mass is 32.2. The monoisotopic (exact) mass is 478 g/mol. The van der Waals surface area contributed by atoms with E-state index in [0.29, 0.717) is 5.69 Å². The van der Waals surface area contributed by atoms with Crippen molar-refractivity contribution in [3.8, 4) is 0 Å². The molecule has 3 aromatic rings. The van der Waals surface area contributed by atoms with E-state index < -0.39 is 27.8 Å². The number of nitrogens with zero attached hydrogens (tertiary/aromatic N) is 2. The van der Waals surface area contributed by atoms with Gasteiger partial charge >= 0.3 is 12.2 Å². The van der Waals surface area contributed by atoms with Crippen LogP contribution in [-0.4, -0.2) is 30.8 Å². The van der Waals surface area contributed by atoms with Crippen molar-refractivity contribution in [2.75, 3.05) is 12.4 Å². The highest BCUT2D eigenvalue weighted by molar-refractivity contribution is 7.89. The minimum Gasteiger partial charge on any atom is -0.334 e. The van der Waals surface area contributed by atoms with E-state index in [1.165, 1.54) is 43.4 Å². The van der Waals surface area contributed by atoms with Crippen molar-refractivity contribution in [1.82, 2.24) is 14.6 Å². The molecule has 0 fully saturated rings. The lowest BCUT2D eigenvalue weighted by molar-refractivity contribution is -0.137. The zero-order chi connectivity index (χ0) is 24.1. The fourth-order valence-electron chi connectivity index (χ4n) is 2.94. The van der Waals surface area contributed by atoms with Gasteiger partial charge in [0.25, 0.3) is 0 Å². The highest BCUT2D eigenvalue weighted by Gasteiger charge is 2.30. The standard InChI is InChI=1S/C22H21F3N4O3S/c1-29(15-16-4-2-6-18(12-16)22(23,24)25)33(31,32)20-9-7-19(8-10-20)28-21(30)27-14-17-5-3-11-26-13-17/h2-13H,14-15H2,1H3,(H2,27,28,30). The Morgan fingerprint density at radius 3 is 2.36 bits per heavy atom. The Morgan fingerprint density at radius 1 is 1.03 bits per heavy atom. The van der Waals surface area contributed by atoms with E-state index >= 15 is 0 Å². The van der Waals surface area contributed by atoms with E-state index in [2.05, 4.69) is 15.6 Å². The Hall–Kier alpha value is -3.44. The summed E-state index contributed by atoms with van der Waals surface area (Å²) in [5.74, 6) is 0. The van der Waals surface area contributed by atoms with Crippen molar-refractivity contribution in [3.63, 3.8) is 0 Å². The summed E-state index contributed by atoms with van der Waals surface area (Å²) >= 11 is 0. The molecule has 0 aliphatic rings. The number of hydrogen-bond donors (Lipinski definition) is 2. The van der Waals surface area contributed by atoms with Crippen molar-refractivity contribution >= 4 is 21.7 Å². The first kappa shape index (κ1) is 24.2. The lowest BCUT2D eigenvalue weighted by atomic mass is 10.1. The zero-order valence-corrected chi connectivity index (χ0v) is 18.3. The maximum absolute atomic E-state index is 12.9. The highest BCUT2D eigenvalue weighted by Crippen LogP contribution is 2.30. The molecule has 0 aliphatic heterocycles. The second kappa shape index (κ2) is 10.0. The predicted molar refractivity (Wildman–Crippen MR) is 117 cm³/mol. The summed E-state index contributed by atoms with van der Waals surface area (Å²) in [4.78, 5) is 15.9. The third-order valence-electron chi connectivity index (χ3n) is 4.66. The molecule has 174 valence electrons. The average molecular weight is 478 g/mol. The number of aromatic nitrogens is 1. The Labute approximate surface area is 189 Å². The normalized spacial score (nSPS) is 11.9. The van der Waals surface area contributed by atoms with Crippen LogP contribution >= 0.6 is 0 Å². The number of hydrogen-bond acceptors (Lipinski definition) is 4. The molecule has 0 saturated carbocycles. The summed E-state index contributed by atoms with van der Waals surface area (Å²) < 4.78 is 65.3. The largest absolute Gasteiger partial charge is 0.416 e. The first-order valence-electron chi connectivity index (χ1n) is 9.72. The third kappa shape index (κ3) is 6.53. The molecule has 2 amide bonds. The molecule has 11 heteroatoms. The van der Waals surface area contributed by atoms with Gasteiger partial charge in [0.1, 0.15) is 0 Å². The summed E-state index contributed by atoms with van der Waals surface area (Å²) in [6, 6.07) is 13.1. The van der Waals surface area contributed by atoms with Gasteiger partial charge in [0.15, 0.2) is 0 Å². The van der Waals surface area contributed by atoms with Crippen molar-refractivity contribution < 1.29 is 26.4 Å². The number of benzene rings is 2. The molecule has 0 radical (unpaired) electrons. The van der Waals surface area contributed by atoms with Crippen LogP contribution in [0, 0.1) is 0 Å². The van der Waals surface area contributed by atoms with Crippen LogP contribution in [0.1, 0.15) is 16.7 Å². The summed E-state index contributed by atoms with van der Waals surface area (Å²) in [7, 11) is -2.67. The quantitative estimate of drug-likeness (QED) is 0.531. The van der Waals surface area contributed by atoms with Gasteiger partial charge in [0.05, 0.1) is 10.5 Å². The van der Waals surface area contributed by atoms with Gasteiger partial charge in [-0.2, -0.15) is 17.5 Å². The predicted octanol–water partition coefficient (Wildman–Crippen LogP) is 4.24. The van der Waals surface area contributed by atoms with Crippen LogP contribution in [0.15, 0.2) is 78.0 Å². The van der Waals surface area contributed by atoms with Crippen LogP contribution in [0.4, 0.5) is 23.7 Å². The van der Waals surface area contributed by atoms with Crippen LogP contribution in [-0.2, 0) is 29.3 Å². The average Bonchev–Trinajstić information content (AvgIpc) is 2.78. The molecule has 2 N–H and O–H groups in total. The molecule has 7 nitrogen and oxygen atoms in total. The second-order valence-electron chi connectivity index (χ2n) is 7.15. The van der Waals surface area contributed by atoms with Gasteiger partial charge in [-0.15, -0.1) is 0 Å². The summed E-state index contributed by atoms with van der Waals surface area (Å²) in [5.41, 5.74) is 0.554. The molecule has 0 bridgehead atoms. The molecule has 0 atom stereocenters. The maximum atomic E-state index is 12.9. The number of halogens is 3. The minimum atomic E-state index is -4.51. The number of urea groups is 1. The molecule has 0 saturated heterocycles. The fraction of sp³-hybridized carbons (Fsp3) is 0.182. The smallest absolute Gasteiger partial charge is 0.334 e. The number of amides is 2. The van der Waals surface area contributed by atoms with Crippen LogP contribution in [0.2, 0.25) is 0 Å². The summed E-state index contributed by atoms with van der Waals surface area (Å²) in [6.07, 6.45) is -1.27. The molecule has 1 aromatic heterocycles. The lowest BCUT2D eigenvalue weighted by Crippen LogP contribution is -2.28. The Kier molecular flexibility index (Phi) is 7.34. The van der Waals surface area contributed by atoms with Crippen molar-refractivity contribution in [1.29, 1.82) is 0 Å². The van der Waals surface area contributed by atoms with E-state index in [9.17, 15) is 26.4 Å². The van der Waals surface area contributed by atoms with Gasteiger partial charge in [-0.25, -0.2) is 13.2 Å². The summed E-state index contributed by atoms with van der Waals surface area (Å²) in [6.45, 7) is 0.0372. The third-order valence-corrected chi connectivity index (χ3v) is 6.47. The van der Waals surface area contributed by atoms with E-state index in [-0.39, 0.29) is 23.5 Å². The van der Waals surface area contributed by atoms with Crippen LogP contribution in [0.25, 0.3) is 0 Å². The first-order valence-corrected chi connectivity index (χ1v) is 11.2. The number of nitrogens with one attached hydrogen (secondary N) is 2. The van der Waals surface area contributed by atoms with Crippen LogP contribution in [0.3, 0.4) is 0 Å². The van der Waals surface area contributed by atoms with Crippen LogP contribution < -0.4 is 10.6 Å². The number of alkyl halides is 3. The minimum absolute atomic E-state index is 0.0571. The van der Waals surface area contributed by atoms with E-state index in [4.69, 9.17) is 0 Å². The molecular formula is C22H21F3N4O3S. The van der Waals surface area contributed by atoms with Gasteiger partial charge in [-0.3, -0.25) is 4.98 Å². The van der Waals surface area contributed by atoms with Crippen molar-refractivity contribution in [2.24, 2.45) is 0 Å².